The molecule has 0 unspecified atom stereocenters. The average molecular weight is 398 g/mol. The number of allylic oxidation sites excluding steroid dienone is 2. The summed E-state index contributed by atoms with van der Waals surface area (Å²) in [6.07, 6.45) is 1.82. The van der Waals surface area contributed by atoms with Crippen molar-refractivity contribution in [3.05, 3.63) is 65.5 Å². The van der Waals surface area contributed by atoms with Gasteiger partial charge in [0.15, 0.2) is 5.78 Å². The van der Waals surface area contributed by atoms with E-state index in [0.717, 1.165) is 5.56 Å². The van der Waals surface area contributed by atoms with Crippen LogP contribution < -0.4 is 9.47 Å². The fraction of sp³-hybridized carbons (Fsp3) is 0.304. The van der Waals surface area contributed by atoms with Crippen LogP contribution >= 0.6 is 0 Å². The number of carbonyl (C=O) groups is 2. The predicted molar refractivity (Wildman–Crippen MR) is 106 cm³/mol. The number of carbonyl (C=O) groups excluding carboxylic acids is 2. The molecule has 0 heterocycles. The first-order chi connectivity index (χ1) is 14.0. The highest BCUT2D eigenvalue weighted by molar-refractivity contribution is 6.10. The molecule has 1 aliphatic carbocycles. The van der Waals surface area contributed by atoms with E-state index in [-0.39, 0.29) is 18.2 Å². The number of halogens is 1. The molecule has 29 heavy (non-hydrogen) atoms. The quantitative estimate of drug-likeness (QED) is 0.540. The highest BCUT2D eigenvalue weighted by Crippen LogP contribution is 2.46. The first-order valence-corrected chi connectivity index (χ1v) is 9.38. The van der Waals surface area contributed by atoms with Gasteiger partial charge in [0.1, 0.15) is 23.2 Å². The molecule has 0 fully saturated rings. The predicted octanol–water partition coefficient (Wildman–Crippen LogP) is 4.16. The van der Waals surface area contributed by atoms with Gasteiger partial charge in [0.25, 0.3) is 0 Å². The number of rotatable bonds is 6. The van der Waals surface area contributed by atoms with Crippen molar-refractivity contribution in [2.75, 3.05) is 20.8 Å². The second-order valence-corrected chi connectivity index (χ2v) is 6.70. The van der Waals surface area contributed by atoms with E-state index in [4.69, 9.17) is 14.2 Å². The summed E-state index contributed by atoms with van der Waals surface area (Å²) >= 11 is 0. The third kappa shape index (κ3) is 4.16. The Labute approximate surface area is 169 Å². The highest BCUT2D eigenvalue weighted by Gasteiger charge is 2.42. The number of esters is 1. The van der Waals surface area contributed by atoms with Crippen molar-refractivity contribution >= 4 is 17.3 Å². The number of benzene rings is 2. The molecule has 2 aromatic carbocycles. The van der Waals surface area contributed by atoms with Crippen LogP contribution in [-0.2, 0) is 14.3 Å². The molecule has 2 atom stereocenters. The maximum Gasteiger partial charge on any atom is 0.317 e. The molecule has 2 aromatic rings. The van der Waals surface area contributed by atoms with Gasteiger partial charge in [-0.15, -0.1) is 0 Å². The van der Waals surface area contributed by atoms with Crippen LogP contribution in [0.15, 0.2) is 48.5 Å². The molecule has 0 aromatic heterocycles. The SMILES string of the molecule is CCOC(=O)[C@H]1C(=O)C=C(c2ccc(F)cc2)C[C@H]1c1c(OC)cccc1OC. The van der Waals surface area contributed by atoms with Crippen LogP contribution in [0.3, 0.4) is 0 Å². The van der Waals surface area contributed by atoms with Gasteiger partial charge < -0.3 is 14.2 Å². The molecular weight excluding hydrogens is 375 g/mol. The molecular formula is C23H23FO5. The molecule has 6 heteroatoms. The van der Waals surface area contributed by atoms with E-state index in [0.29, 0.717) is 29.1 Å². The molecule has 0 saturated heterocycles. The minimum atomic E-state index is -1.01. The van der Waals surface area contributed by atoms with Gasteiger partial charge in [-0.2, -0.15) is 0 Å². The maximum absolute atomic E-state index is 13.3. The topological polar surface area (TPSA) is 61.8 Å². The molecule has 0 amide bonds. The van der Waals surface area contributed by atoms with Crippen LogP contribution in [0, 0.1) is 11.7 Å². The summed E-state index contributed by atoms with van der Waals surface area (Å²) in [5.41, 5.74) is 2.08. The second kappa shape index (κ2) is 8.90. The van der Waals surface area contributed by atoms with Crippen molar-refractivity contribution < 1.29 is 28.2 Å². The summed E-state index contributed by atoms with van der Waals surface area (Å²) in [4.78, 5) is 25.7. The lowest BCUT2D eigenvalue weighted by Gasteiger charge is -2.31. The average Bonchev–Trinajstić information content (AvgIpc) is 2.73. The van der Waals surface area contributed by atoms with Gasteiger partial charge in [-0.3, -0.25) is 9.59 Å². The van der Waals surface area contributed by atoms with Crippen molar-refractivity contribution in [2.24, 2.45) is 5.92 Å². The summed E-state index contributed by atoms with van der Waals surface area (Å²) in [6, 6.07) is 11.2. The molecule has 0 radical (unpaired) electrons. The zero-order chi connectivity index (χ0) is 21.0. The number of methoxy groups -OCH3 is 2. The minimum absolute atomic E-state index is 0.174. The van der Waals surface area contributed by atoms with Gasteiger partial charge in [-0.1, -0.05) is 18.2 Å². The van der Waals surface area contributed by atoms with E-state index in [9.17, 15) is 14.0 Å². The van der Waals surface area contributed by atoms with E-state index < -0.39 is 17.8 Å². The number of ketones is 1. The van der Waals surface area contributed by atoms with Crippen LogP contribution in [0.4, 0.5) is 4.39 Å². The van der Waals surface area contributed by atoms with Gasteiger partial charge in [-0.25, -0.2) is 4.39 Å². The summed E-state index contributed by atoms with van der Waals surface area (Å²) in [7, 11) is 3.05. The zero-order valence-corrected chi connectivity index (χ0v) is 16.6. The molecule has 0 spiro atoms. The van der Waals surface area contributed by atoms with Gasteiger partial charge in [-0.05, 0) is 54.8 Å². The van der Waals surface area contributed by atoms with E-state index in [1.54, 1.807) is 37.3 Å². The third-order valence-corrected chi connectivity index (χ3v) is 5.06. The fourth-order valence-corrected chi connectivity index (χ4v) is 3.77. The molecule has 3 rings (SSSR count). The van der Waals surface area contributed by atoms with Gasteiger partial charge in [0, 0.05) is 11.5 Å². The molecule has 0 aliphatic heterocycles. The molecule has 0 saturated carbocycles. The van der Waals surface area contributed by atoms with Crippen LogP contribution in [0.2, 0.25) is 0 Å². The van der Waals surface area contributed by atoms with Crippen molar-refractivity contribution in [3.63, 3.8) is 0 Å². The van der Waals surface area contributed by atoms with Crippen LogP contribution in [0.25, 0.3) is 5.57 Å². The first-order valence-electron chi connectivity index (χ1n) is 9.38. The third-order valence-electron chi connectivity index (χ3n) is 5.06. The molecule has 0 bridgehead atoms. The molecule has 0 N–H and O–H groups in total. The van der Waals surface area contributed by atoms with Gasteiger partial charge in [0.05, 0.1) is 20.8 Å². The lowest BCUT2D eigenvalue weighted by atomic mass is 9.73. The Bertz CT molecular complexity index is 911. The Balaban J connectivity index is 2.13. The van der Waals surface area contributed by atoms with Crippen LogP contribution in [-0.4, -0.2) is 32.6 Å². The van der Waals surface area contributed by atoms with Crippen molar-refractivity contribution in [1.29, 1.82) is 0 Å². The summed E-state index contributed by atoms with van der Waals surface area (Å²) in [5.74, 6) is -1.80. The Hall–Kier alpha value is -3.15. The Kier molecular flexibility index (Phi) is 6.32. The van der Waals surface area contributed by atoms with Gasteiger partial charge in [0.2, 0.25) is 0 Å². The Morgan fingerprint density at radius 3 is 2.24 bits per heavy atom. The van der Waals surface area contributed by atoms with Gasteiger partial charge >= 0.3 is 5.97 Å². The lowest BCUT2D eigenvalue weighted by molar-refractivity contribution is -0.151. The van der Waals surface area contributed by atoms with E-state index in [1.165, 1.54) is 32.4 Å². The maximum atomic E-state index is 13.3. The summed E-state index contributed by atoms with van der Waals surface area (Å²) < 4.78 is 29.5. The van der Waals surface area contributed by atoms with E-state index >= 15 is 0 Å². The van der Waals surface area contributed by atoms with Crippen LogP contribution in [0.5, 0.6) is 11.5 Å². The number of hydrogen-bond donors (Lipinski definition) is 0. The van der Waals surface area contributed by atoms with Crippen molar-refractivity contribution in [3.8, 4) is 11.5 Å². The van der Waals surface area contributed by atoms with E-state index in [1.807, 2.05) is 0 Å². The molecule has 5 nitrogen and oxygen atoms in total. The number of hydrogen-bond acceptors (Lipinski definition) is 5. The fourth-order valence-electron chi connectivity index (χ4n) is 3.77. The largest absolute Gasteiger partial charge is 0.496 e. The normalized spacial score (nSPS) is 18.8. The summed E-state index contributed by atoms with van der Waals surface area (Å²) in [6.45, 7) is 1.87. The Morgan fingerprint density at radius 2 is 1.69 bits per heavy atom. The minimum Gasteiger partial charge on any atom is -0.496 e. The Morgan fingerprint density at radius 1 is 1.07 bits per heavy atom. The summed E-state index contributed by atoms with van der Waals surface area (Å²) in [5, 5.41) is 0. The van der Waals surface area contributed by atoms with E-state index in [2.05, 4.69) is 0 Å². The highest BCUT2D eigenvalue weighted by atomic mass is 19.1. The standard InChI is InChI=1S/C23H23FO5/c1-4-29-23(26)21-17(22-19(27-2)6-5-7-20(22)28-3)12-15(13-18(21)25)14-8-10-16(24)11-9-14/h5-11,13,17,21H,4,12H2,1-3H3/t17-,21-/m1/s1. The lowest BCUT2D eigenvalue weighted by Crippen LogP contribution is -2.34. The second-order valence-electron chi connectivity index (χ2n) is 6.70. The van der Waals surface area contributed by atoms with Crippen LogP contribution in [0.1, 0.15) is 30.4 Å². The monoisotopic (exact) mass is 398 g/mol. The number of ether oxygens (including phenoxy) is 3. The molecule has 152 valence electrons. The molecule has 1 aliphatic rings. The smallest absolute Gasteiger partial charge is 0.317 e. The zero-order valence-electron chi connectivity index (χ0n) is 16.6. The van der Waals surface area contributed by atoms with Crippen molar-refractivity contribution in [1.82, 2.24) is 0 Å². The first kappa shape index (κ1) is 20.6. The van der Waals surface area contributed by atoms with Crippen molar-refractivity contribution in [2.45, 2.75) is 19.3 Å².